The molecule has 1 aliphatic heterocycles. The van der Waals surface area contributed by atoms with Crippen LogP contribution in [0.5, 0.6) is 5.75 Å². The number of allylic oxidation sites excluding steroid dienone is 2. The Kier molecular flexibility index (Phi) is 7.04. The number of aromatic nitrogens is 1. The number of hydrogen-bond donors (Lipinski definition) is 3. The first-order valence-electron chi connectivity index (χ1n) is 11.5. The highest BCUT2D eigenvalue weighted by atomic mass is 19.3. The first kappa shape index (κ1) is 24.7. The minimum Gasteiger partial charge on any atom is -0.431 e. The molecule has 0 spiro atoms. The average Bonchev–Trinajstić information content (AvgIpc) is 3.30. The van der Waals surface area contributed by atoms with Gasteiger partial charge in [-0.3, -0.25) is 4.90 Å². The molecule has 7 nitrogen and oxygen atoms in total. The number of nitrogens with zero attached hydrogens (tertiary/aromatic N) is 2. The summed E-state index contributed by atoms with van der Waals surface area (Å²) in [6.07, 6.45) is 4.70. The lowest BCUT2D eigenvalue weighted by molar-refractivity contribution is -0.0719. The number of nitrogen functional groups attached to an aromatic ring is 1. The molecule has 1 aromatic heterocycles. The summed E-state index contributed by atoms with van der Waals surface area (Å²) in [5, 5.41) is 11.9. The van der Waals surface area contributed by atoms with Gasteiger partial charge in [0.05, 0.1) is 18.9 Å². The van der Waals surface area contributed by atoms with Gasteiger partial charge >= 0.3 is 6.61 Å². The van der Waals surface area contributed by atoms with Crippen LogP contribution in [-0.4, -0.2) is 66.5 Å². The van der Waals surface area contributed by atoms with E-state index in [0.717, 1.165) is 18.5 Å². The zero-order chi connectivity index (χ0) is 24.6. The Morgan fingerprint density at radius 2 is 2.06 bits per heavy atom. The van der Waals surface area contributed by atoms with Gasteiger partial charge in [-0.1, -0.05) is 0 Å². The Balaban J connectivity index is 1.45. The van der Waals surface area contributed by atoms with E-state index < -0.39 is 19.1 Å². The molecule has 3 aliphatic rings. The van der Waals surface area contributed by atoms with E-state index >= 15 is 0 Å². The molecule has 0 unspecified atom stereocenters. The summed E-state index contributed by atoms with van der Waals surface area (Å²) >= 11 is 0. The summed E-state index contributed by atoms with van der Waals surface area (Å²) in [5.41, 5.74) is 6.90. The number of rotatable bonds is 8. The molecule has 4 N–H and O–H groups in total. The van der Waals surface area contributed by atoms with Gasteiger partial charge in [0.2, 0.25) is 0 Å². The molecule has 2 aliphatic carbocycles. The summed E-state index contributed by atoms with van der Waals surface area (Å²) in [6.45, 7) is 0.977. The van der Waals surface area contributed by atoms with Gasteiger partial charge in [0.1, 0.15) is 6.61 Å². The fourth-order valence-corrected chi connectivity index (χ4v) is 5.31. The van der Waals surface area contributed by atoms with Crippen LogP contribution in [0.2, 0.25) is 0 Å². The van der Waals surface area contributed by atoms with Gasteiger partial charge in [0.25, 0.3) is 5.92 Å². The van der Waals surface area contributed by atoms with E-state index in [1.807, 2.05) is 18.7 Å². The van der Waals surface area contributed by atoms with Crippen LogP contribution in [0.25, 0.3) is 0 Å². The van der Waals surface area contributed by atoms with Crippen molar-refractivity contribution in [1.29, 1.82) is 5.41 Å². The van der Waals surface area contributed by atoms with Crippen LogP contribution in [0.15, 0.2) is 24.0 Å². The molecule has 11 heteroatoms. The summed E-state index contributed by atoms with van der Waals surface area (Å²) < 4.78 is 62.7. The molecule has 1 saturated heterocycles. The van der Waals surface area contributed by atoms with Gasteiger partial charge < -0.3 is 25.9 Å². The SMILES string of the molecule is CC(C)N/C(=C\C(=N)c1cnc(N)c(OC(F)F)c1)[C@H]1[C@@H]2C[C@H](N3CCOCC(F)(F)C3)C[C@@H]21. The first-order chi connectivity index (χ1) is 16.0. The van der Waals surface area contributed by atoms with Crippen molar-refractivity contribution in [2.75, 3.05) is 32.0 Å². The van der Waals surface area contributed by atoms with Crippen LogP contribution in [0, 0.1) is 23.2 Å². The molecular formula is C23H31F4N5O2. The van der Waals surface area contributed by atoms with Gasteiger partial charge in [0.15, 0.2) is 11.6 Å². The lowest BCUT2D eigenvalue weighted by Gasteiger charge is -2.31. The van der Waals surface area contributed by atoms with Crippen LogP contribution in [-0.2, 0) is 4.74 Å². The number of fused-ring (bicyclic) bond motifs is 1. The van der Waals surface area contributed by atoms with Crippen LogP contribution in [0.4, 0.5) is 23.4 Å². The second kappa shape index (κ2) is 9.69. The van der Waals surface area contributed by atoms with E-state index in [0.29, 0.717) is 30.6 Å². The third kappa shape index (κ3) is 5.63. The van der Waals surface area contributed by atoms with Crippen LogP contribution in [0.3, 0.4) is 0 Å². The van der Waals surface area contributed by atoms with Crippen LogP contribution < -0.4 is 15.8 Å². The fourth-order valence-electron chi connectivity index (χ4n) is 5.31. The second-order valence-electron chi connectivity index (χ2n) is 9.66. The number of anilines is 1. The molecule has 1 aromatic rings. The first-order valence-corrected chi connectivity index (χ1v) is 11.5. The Morgan fingerprint density at radius 3 is 2.71 bits per heavy atom. The Labute approximate surface area is 196 Å². The zero-order valence-electron chi connectivity index (χ0n) is 19.2. The molecule has 0 bridgehead atoms. The number of nitrogens with one attached hydrogen (secondary N) is 2. The zero-order valence-corrected chi connectivity index (χ0v) is 19.2. The normalized spacial score (nSPS) is 29.1. The van der Waals surface area contributed by atoms with E-state index in [4.69, 9.17) is 15.9 Å². The number of halogens is 4. The fraction of sp³-hybridized carbons (Fsp3) is 0.652. The predicted octanol–water partition coefficient (Wildman–Crippen LogP) is 3.51. The third-order valence-corrected chi connectivity index (χ3v) is 6.73. The molecule has 4 atom stereocenters. The maximum atomic E-state index is 14.0. The maximum absolute atomic E-state index is 14.0. The van der Waals surface area contributed by atoms with Gasteiger partial charge in [0, 0.05) is 42.0 Å². The maximum Gasteiger partial charge on any atom is 0.387 e. The minimum absolute atomic E-state index is 0.0978. The Morgan fingerprint density at radius 1 is 1.35 bits per heavy atom. The van der Waals surface area contributed by atoms with E-state index in [1.54, 1.807) is 6.08 Å². The molecule has 0 aromatic carbocycles. The highest BCUT2D eigenvalue weighted by Crippen LogP contribution is 2.61. The summed E-state index contributed by atoms with van der Waals surface area (Å²) in [6, 6.07) is 1.51. The molecular weight excluding hydrogens is 454 g/mol. The highest BCUT2D eigenvalue weighted by Gasteiger charge is 2.58. The standard InChI is InChI=1S/C23H31F4N5O2/c1-12(2)31-18(8-17(28)13-5-19(34-22(24)25)21(29)30-9-13)20-15-6-14(7-16(15)20)32-3-4-33-11-23(26,27)10-32/h5,8-9,12,14-16,20,22,28,31H,3-4,6-7,10-11H2,1-2H3,(H2,29,30)/b18-8-,28-17?/t14-,15+,16-,20-. The van der Waals surface area contributed by atoms with Gasteiger partial charge in [-0.25, -0.2) is 13.8 Å². The number of ether oxygens (including phenoxy) is 2. The van der Waals surface area contributed by atoms with Crippen molar-refractivity contribution in [2.45, 2.75) is 51.3 Å². The van der Waals surface area contributed by atoms with Crippen molar-refractivity contribution >= 4 is 11.5 Å². The lowest BCUT2D eigenvalue weighted by atomic mass is 10.0. The topological polar surface area (TPSA) is 96.5 Å². The largest absolute Gasteiger partial charge is 0.431 e. The van der Waals surface area contributed by atoms with Crippen molar-refractivity contribution in [3.05, 3.63) is 29.6 Å². The van der Waals surface area contributed by atoms with Crippen molar-refractivity contribution < 1.29 is 27.0 Å². The molecule has 0 radical (unpaired) electrons. The second-order valence-corrected chi connectivity index (χ2v) is 9.66. The van der Waals surface area contributed by atoms with Crippen molar-refractivity contribution in [3.8, 4) is 5.75 Å². The number of nitrogens with two attached hydrogens (primary N) is 1. The van der Waals surface area contributed by atoms with Gasteiger partial charge in [-0.2, -0.15) is 8.78 Å². The number of pyridine rings is 1. The van der Waals surface area contributed by atoms with E-state index in [9.17, 15) is 17.6 Å². The van der Waals surface area contributed by atoms with Gasteiger partial charge in [-0.05, 0) is 50.7 Å². The molecule has 4 rings (SSSR count). The molecule has 188 valence electrons. The highest BCUT2D eigenvalue weighted by molar-refractivity contribution is 6.07. The molecule has 3 fully saturated rings. The number of alkyl halides is 4. The van der Waals surface area contributed by atoms with Crippen molar-refractivity contribution in [3.63, 3.8) is 0 Å². The van der Waals surface area contributed by atoms with E-state index in [1.165, 1.54) is 12.3 Å². The van der Waals surface area contributed by atoms with Gasteiger partial charge in [-0.15, -0.1) is 0 Å². The lowest BCUT2D eigenvalue weighted by Crippen LogP contribution is -2.43. The van der Waals surface area contributed by atoms with Crippen LogP contribution >= 0.6 is 0 Å². The molecule has 34 heavy (non-hydrogen) atoms. The van der Waals surface area contributed by atoms with Crippen molar-refractivity contribution in [1.82, 2.24) is 15.2 Å². The summed E-state index contributed by atoms with van der Waals surface area (Å²) in [4.78, 5) is 5.74. The van der Waals surface area contributed by atoms with Crippen molar-refractivity contribution in [2.24, 2.45) is 17.8 Å². The molecule has 2 heterocycles. The van der Waals surface area contributed by atoms with Crippen LogP contribution in [0.1, 0.15) is 32.3 Å². The van der Waals surface area contributed by atoms with E-state index in [-0.39, 0.29) is 41.8 Å². The Bertz CT molecular complexity index is 930. The average molecular weight is 486 g/mol. The summed E-state index contributed by atoms with van der Waals surface area (Å²) in [7, 11) is 0. The monoisotopic (exact) mass is 485 g/mol. The predicted molar refractivity (Wildman–Crippen MR) is 119 cm³/mol. The van der Waals surface area contributed by atoms with E-state index in [2.05, 4.69) is 15.0 Å². The quantitative estimate of drug-likeness (QED) is 0.385. The molecule has 0 amide bonds. The smallest absolute Gasteiger partial charge is 0.387 e. The number of hydrogen-bond acceptors (Lipinski definition) is 7. The summed E-state index contributed by atoms with van der Waals surface area (Å²) in [5.74, 6) is -2.35. The minimum atomic E-state index is -3.04. The molecule has 2 saturated carbocycles. The Hall–Kier alpha value is -2.40. The third-order valence-electron chi connectivity index (χ3n) is 6.73.